The molecule has 1 heterocycles. The summed E-state index contributed by atoms with van der Waals surface area (Å²) in [5, 5.41) is 0. The van der Waals surface area contributed by atoms with Gasteiger partial charge in [-0.05, 0) is 61.1 Å². The second kappa shape index (κ2) is 4.20. The van der Waals surface area contributed by atoms with Crippen molar-refractivity contribution < 1.29 is 4.39 Å². The number of halogens is 1. The summed E-state index contributed by atoms with van der Waals surface area (Å²) < 4.78 is 13.4. The summed E-state index contributed by atoms with van der Waals surface area (Å²) in [6, 6.07) is 5.58. The van der Waals surface area contributed by atoms with Crippen LogP contribution >= 0.6 is 0 Å². The standard InChI is InChI=1S/C16H21FN2/c17-13-4-3-10-5-6-19(15(10)8-13)9-14-11-1-2-12(7-11)16(14)18/h3-4,8,11-12,14,16H,1-2,5-7,9,18H2. The van der Waals surface area contributed by atoms with Crippen molar-refractivity contribution >= 4 is 5.69 Å². The van der Waals surface area contributed by atoms with E-state index in [1.807, 2.05) is 6.07 Å². The van der Waals surface area contributed by atoms with E-state index in [-0.39, 0.29) is 5.82 Å². The maximum atomic E-state index is 13.4. The van der Waals surface area contributed by atoms with Gasteiger partial charge < -0.3 is 10.6 Å². The maximum absolute atomic E-state index is 13.4. The molecule has 2 aliphatic carbocycles. The van der Waals surface area contributed by atoms with E-state index >= 15 is 0 Å². The van der Waals surface area contributed by atoms with Crippen molar-refractivity contribution in [2.45, 2.75) is 31.7 Å². The van der Waals surface area contributed by atoms with Crippen LogP contribution in [0.15, 0.2) is 18.2 Å². The van der Waals surface area contributed by atoms with Gasteiger partial charge in [-0.25, -0.2) is 4.39 Å². The molecular weight excluding hydrogens is 239 g/mol. The molecule has 2 N–H and O–H groups in total. The Morgan fingerprint density at radius 3 is 2.89 bits per heavy atom. The van der Waals surface area contributed by atoms with Crippen LogP contribution in [0.1, 0.15) is 24.8 Å². The van der Waals surface area contributed by atoms with E-state index in [1.54, 1.807) is 12.1 Å². The van der Waals surface area contributed by atoms with Crippen molar-refractivity contribution in [3.8, 4) is 0 Å². The first kappa shape index (κ1) is 11.7. The average molecular weight is 260 g/mol. The highest BCUT2D eigenvalue weighted by Gasteiger charge is 2.46. The van der Waals surface area contributed by atoms with E-state index in [2.05, 4.69) is 4.90 Å². The Morgan fingerprint density at radius 2 is 2.11 bits per heavy atom. The normalized spacial score (nSPS) is 36.0. The van der Waals surface area contributed by atoms with E-state index in [4.69, 9.17) is 5.73 Å². The third-order valence-corrected chi connectivity index (χ3v) is 5.63. The van der Waals surface area contributed by atoms with Gasteiger partial charge in [0.05, 0.1) is 0 Å². The molecule has 0 saturated heterocycles. The van der Waals surface area contributed by atoms with Gasteiger partial charge in [0.15, 0.2) is 0 Å². The van der Waals surface area contributed by atoms with Crippen LogP contribution in [0, 0.1) is 23.6 Å². The van der Waals surface area contributed by atoms with Gasteiger partial charge >= 0.3 is 0 Å². The van der Waals surface area contributed by atoms with Gasteiger partial charge in [0, 0.05) is 24.8 Å². The summed E-state index contributed by atoms with van der Waals surface area (Å²) in [6.45, 7) is 2.05. The molecule has 0 radical (unpaired) electrons. The van der Waals surface area contributed by atoms with E-state index < -0.39 is 0 Å². The molecule has 1 aromatic rings. The average Bonchev–Trinajstić information content (AvgIpc) is 3.07. The molecular formula is C16H21FN2. The van der Waals surface area contributed by atoms with E-state index in [0.717, 1.165) is 37.0 Å². The Bertz CT molecular complexity index is 500. The number of hydrogen-bond acceptors (Lipinski definition) is 2. The summed E-state index contributed by atoms with van der Waals surface area (Å²) in [4.78, 5) is 2.36. The van der Waals surface area contributed by atoms with Crippen molar-refractivity contribution in [2.75, 3.05) is 18.0 Å². The van der Waals surface area contributed by atoms with Crippen LogP contribution in [0.3, 0.4) is 0 Å². The predicted octanol–water partition coefficient (Wildman–Crippen LogP) is 2.56. The molecule has 2 fully saturated rings. The molecule has 4 rings (SSSR count). The third kappa shape index (κ3) is 1.78. The Hall–Kier alpha value is -1.09. The Morgan fingerprint density at radius 1 is 1.26 bits per heavy atom. The Balaban J connectivity index is 1.55. The molecule has 4 atom stereocenters. The minimum Gasteiger partial charge on any atom is -0.371 e. The summed E-state index contributed by atoms with van der Waals surface area (Å²) in [5.74, 6) is 2.07. The van der Waals surface area contributed by atoms with E-state index in [9.17, 15) is 4.39 Å². The van der Waals surface area contributed by atoms with Gasteiger partial charge in [0.25, 0.3) is 0 Å². The lowest BCUT2D eigenvalue weighted by atomic mass is 9.84. The second-order valence-electron chi connectivity index (χ2n) is 6.54. The van der Waals surface area contributed by atoms with Gasteiger partial charge in [-0.1, -0.05) is 6.07 Å². The second-order valence-corrected chi connectivity index (χ2v) is 6.54. The smallest absolute Gasteiger partial charge is 0.125 e. The monoisotopic (exact) mass is 260 g/mol. The zero-order chi connectivity index (χ0) is 13.0. The molecule has 2 nitrogen and oxygen atoms in total. The fourth-order valence-electron chi connectivity index (χ4n) is 4.59. The number of rotatable bonds is 2. The highest BCUT2D eigenvalue weighted by atomic mass is 19.1. The molecule has 19 heavy (non-hydrogen) atoms. The quantitative estimate of drug-likeness (QED) is 0.885. The van der Waals surface area contributed by atoms with Crippen LogP contribution in [0.25, 0.3) is 0 Å². The van der Waals surface area contributed by atoms with Gasteiger partial charge in [0.2, 0.25) is 0 Å². The van der Waals surface area contributed by atoms with Crippen molar-refractivity contribution in [1.29, 1.82) is 0 Å². The van der Waals surface area contributed by atoms with Gasteiger partial charge in [-0.15, -0.1) is 0 Å². The molecule has 3 aliphatic rings. The van der Waals surface area contributed by atoms with Crippen LogP contribution in [-0.4, -0.2) is 19.1 Å². The highest BCUT2D eigenvalue weighted by Crippen LogP contribution is 2.48. The SMILES string of the molecule is NC1C2CCC(C2)C1CN1CCc2ccc(F)cc21. The first-order valence-corrected chi connectivity index (χ1v) is 7.51. The lowest BCUT2D eigenvalue weighted by Crippen LogP contribution is -2.42. The molecule has 1 aliphatic heterocycles. The minimum absolute atomic E-state index is 0.122. The van der Waals surface area contributed by atoms with Crippen LogP contribution in [0.5, 0.6) is 0 Å². The number of fused-ring (bicyclic) bond motifs is 3. The highest BCUT2D eigenvalue weighted by molar-refractivity contribution is 5.58. The van der Waals surface area contributed by atoms with Gasteiger partial charge in [-0.3, -0.25) is 0 Å². The molecule has 0 spiro atoms. The predicted molar refractivity (Wildman–Crippen MR) is 74.6 cm³/mol. The lowest BCUT2D eigenvalue weighted by molar-refractivity contribution is 0.291. The number of nitrogens with zero attached hydrogens (tertiary/aromatic N) is 1. The van der Waals surface area contributed by atoms with E-state index in [0.29, 0.717) is 12.0 Å². The minimum atomic E-state index is -0.122. The number of benzene rings is 1. The van der Waals surface area contributed by atoms with Crippen molar-refractivity contribution in [3.05, 3.63) is 29.6 Å². The summed E-state index contributed by atoms with van der Waals surface area (Å²) >= 11 is 0. The van der Waals surface area contributed by atoms with Crippen molar-refractivity contribution in [2.24, 2.45) is 23.5 Å². The molecule has 0 amide bonds. The summed E-state index contributed by atoms with van der Waals surface area (Å²) in [5.41, 5.74) is 8.79. The molecule has 2 bridgehead atoms. The Kier molecular flexibility index (Phi) is 2.59. The first-order chi connectivity index (χ1) is 9.22. The largest absolute Gasteiger partial charge is 0.371 e. The van der Waals surface area contributed by atoms with Crippen molar-refractivity contribution in [1.82, 2.24) is 0 Å². The fourth-order valence-corrected chi connectivity index (χ4v) is 4.59. The zero-order valence-electron chi connectivity index (χ0n) is 11.2. The summed E-state index contributed by atoms with van der Waals surface area (Å²) in [7, 11) is 0. The Labute approximate surface area is 113 Å². The number of anilines is 1. The molecule has 3 heteroatoms. The third-order valence-electron chi connectivity index (χ3n) is 5.63. The first-order valence-electron chi connectivity index (χ1n) is 7.51. The van der Waals surface area contributed by atoms with E-state index in [1.165, 1.54) is 24.8 Å². The van der Waals surface area contributed by atoms with Gasteiger partial charge in [0.1, 0.15) is 5.82 Å². The molecule has 0 aromatic heterocycles. The van der Waals surface area contributed by atoms with Crippen LogP contribution in [0.4, 0.5) is 10.1 Å². The van der Waals surface area contributed by atoms with Crippen LogP contribution in [0.2, 0.25) is 0 Å². The van der Waals surface area contributed by atoms with Gasteiger partial charge in [-0.2, -0.15) is 0 Å². The maximum Gasteiger partial charge on any atom is 0.125 e. The van der Waals surface area contributed by atoms with Crippen LogP contribution < -0.4 is 10.6 Å². The lowest BCUT2D eigenvalue weighted by Gasteiger charge is -2.32. The number of nitrogens with two attached hydrogens (primary N) is 1. The summed E-state index contributed by atoms with van der Waals surface area (Å²) in [6.07, 6.45) is 5.06. The molecule has 4 unspecified atom stereocenters. The van der Waals surface area contributed by atoms with Crippen molar-refractivity contribution in [3.63, 3.8) is 0 Å². The zero-order valence-corrected chi connectivity index (χ0v) is 11.2. The molecule has 102 valence electrons. The fraction of sp³-hybridized carbons (Fsp3) is 0.625. The molecule has 2 saturated carbocycles. The molecule has 1 aromatic carbocycles. The number of hydrogen-bond donors (Lipinski definition) is 1. The topological polar surface area (TPSA) is 29.3 Å². The van der Waals surface area contributed by atoms with Crippen LogP contribution in [-0.2, 0) is 6.42 Å².